The molecule has 1 atom stereocenters. The molecule has 1 aromatic carbocycles. The lowest BCUT2D eigenvalue weighted by Gasteiger charge is -2.19. The van der Waals surface area contributed by atoms with Crippen LogP contribution in [-0.2, 0) is 0 Å². The molecule has 0 unspecified atom stereocenters. The Labute approximate surface area is 154 Å². The third kappa shape index (κ3) is 3.42. The molecule has 0 saturated heterocycles. The summed E-state index contributed by atoms with van der Waals surface area (Å²) in [4.78, 5) is 12.0. The molecule has 1 saturated carbocycles. The average Bonchev–Trinajstić information content (AvgIpc) is 3.38. The monoisotopic (exact) mass is 374 g/mol. The van der Waals surface area contributed by atoms with E-state index in [0.717, 1.165) is 24.1 Å². The van der Waals surface area contributed by atoms with Gasteiger partial charge in [0.25, 0.3) is 0 Å². The minimum atomic E-state index is -0.485. The number of anilines is 1. The van der Waals surface area contributed by atoms with E-state index in [9.17, 15) is 8.78 Å². The van der Waals surface area contributed by atoms with Crippen molar-refractivity contribution < 1.29 is 8.78 Å². The maximum Gasteiger partial charge on any atom is 0.145 e. The molecule has 4 nitrogen and oxygen atoms in total. The van der Waals surface area contributed by atoms with Gasteiger partial charge in [0.2, 0.25) is 0 Å². The first kappa shape index (κ1) is 17.0. The maximum atomic E-state index is 14.0. The Morgan fingerprint density at radius 2 is 1.96 bits per heavy atom. The first-order valence-electron chi connectivity index (χ1n) is 8.40. The molecule has 0 amide bonds. The minimum absolute atomic E-state index is 0.0308. The molecule has 1 aliphatic rings. The highest BCUT2D eigenvalue weighted by molar-refractivity contribution is 6.30. The summed E-state index contributed by atoms with van der Waals surface area (Å²) in [6, 6.07) is 7.10. The lowest BCUT2D eigenvalue weighted by molar-refractivity contribution is 0.600. The number of aryl methyl sites for hydroxylation is 1. The van der Waals surface area contributed by atoms with Crippen LogP contribution in [0.2, 0.25) is 5.02 Å². The second-order valence-electron chi connectivity index (χ2n) is 6.54. The molecule has 134 valence electrons. The lowest BCUT2D eigenvalue weighted by Crippen LogP contribution is -2.15. The van der Waals surface area contributed by atoms with Crippen molar-refractivity contribution in [3.63, 3.8) is 0 Å². The van der Waals surface area contributed by atoms with Crippen molar-refractivity contribution in [2.24, 2.45) is 0 Å². The van der Waals surface area contributed by atoms with Crippen LogP contribution in [0.4, 0.5) is 14.6 Å². The molecule has 26 heavy (non-hydrogen) atoms. The number of nitrogens with zero attached hydrogens (tertiary/aromatic N) is 2. The fourth-order valence-corrected chi connectivity index (χ4v) is 3.10. The summed E-state index contributed by atoms with van der Waals surface area (Å²) in [5.41, 5.74) is 2.11. The van der Waals surface area contributed by atoms with Gasteiger partial charge in [-0.25, -0.2) is 18.7 Å². The van der Waals surface area contributed by atoms with Gasteiger partial charge in [-0.2, -0.15) is 0 Å². The highest BCUT2D eigenvalue weighted by atomic mass is 35.5. The topological polar surface area (TPSA) is 53.6 Å². The van der Waals surface area contributed by atoms with Crippen LogP contribution in [0.15, 0.2) is 36.5 Å². The lowest BCUT2D eigenvalue weighted by atomic mass is 10.1. The zero-order valence-corrected chi connectivity index (χ0v) is 14.8. The number of hydrogen-bond acceptors (Lipinski definition) is 3. The first-order valence-corrected chi connectivity index (χ1v) is 8.78. The van der Waals surface area contributed by atoms with Gasteiger partial charge in [0.1, 0.15) is 29.3 Å². The van der Waals surface area contributed by atoms with E-state index >= 15 is 0 Å². The smallest absolute Gasteiger partial charge is 0.145 e. The fourth-order valence-electron chi connectivity index (χ4n) is 2.91. The highest BCUT2D eigenvalue weighted by Crippen LogP contribution is 2.40. The van der Waals surface area contributed by atoms with Crippen LogP contribution < -0.4 is 5.32 Å². The Morgan fingerprint density at radius 1 is 1.19 bits per heavy atom. The van der Waals surface area contributed by atoms with Crippen molar-refractivity contribution in [3.05, 3.63) is 76.0 Å². The average molecular weight is 375 g/mol. The molecule has 0 bridgehead atoms. The maximum absolute atomic E-state index is 14.0. The predicted octanol–water partition coefficient (Wildman–Crippen LogP) is 5.12. The molecule has 2 N–H and O–H groups in total. The van der Waals surface area contributed by atoms with Crippen LogP contribution in [0.5, 0.6) is 0 Å². The number of halogens is 3. The van der Waals surface area contributed by atoms with E-state index in [0.29, 0.717) is 17.3 Å². The number of benzene rings is 1. The summed E-state index contributed by atoms with van der Waals surface area (Å²) >= 11 is 5.95. The second kappa shape index (κ2) is 6.68. The van der Waals surface area contributed by atoms with E-state index < -0.39 is 11.9 Å². The SMILES string of the molecule is Cc1cnc([C@H](Nc2ccc(F)c(C3CC3)n2)c2ccc(F)c(Cl)c2)[nH]1. The standard InChI is InChI=1S/C19H17ClF2N4/c1-10-9-23-19(24-10)18(12-4-5-14(21)13(20)8-12)26-16-7-6-15(22)17(25-16)11-2-3-11/h4-9,11,18H,2-3H2,1H3,(H,23,24)(H,25,26)/t18-/m1/s1. The molecular formula is C19H17ClF2N4. The molecule has 7 heteroatoms. The normalized spacial score (nSPS) is 15.1. The quantitative estimate of drug-likeness (QED) is 0.651. The predicted molar refractivity (Wildman–Crippen MR) is 96.4 cm³/mol. The molecule has 1 fully saturated rings. The first-order chi connectivity index (χ1) is 12.5. The van der Waals surface area contributed by atoms with Crippen molar-refractivity contribution in [2.45, 2.75) is 31.7 Å². The van der Waals surface area contributed by atoms with Crippen molar-refractivity contribution in [3.8, 4) is 0 Å². The number of imidazole rings is 1. The van der Waals surface area contributed by atoms with E-state index in [1.807, 2.05) is 6.92 Å². The largest absolute Gasteiger partial charge is 0.356 e. The van der Waals surface area contributed by atoms with Gasteiger partial charge in [-0.15, -0.1) is 0 Å². The number of rotatable bonds is 5. The van der Waals surface area contributed by atoms with E-state index in [2.05, 4.69) is 20.3 Å². The van der Waals surface area contributed by atoms with Gasteiger partial charge in [-0.05, 0) is 49.6 Å². The Bertz CT molecular complexity index is 952. The number of nitrogens with one attached hydrogen (secondary N) is 2. The molecule has 0 spiro atoms. The summed E-state index contributed by atoms with van der Waals surface area (Å²) in [6.45, 7) is 1.90. The van der Waals surface area contributed by atoms with Crippen LogP contribution in [0.25, 0.3) is 0 Å². The van der Waals surface area contributed by atoms with Crippen molar-refractivity contribution in [1.82, 2.24) is 15.0 Å². The van der Waals surface area contributed by atoms with Gasteiger partial charge in [-0.3, -0.25) is 0 Å². The number of hydrogen-bond donors (Lipinski definition) is 2. The summed E-state index contributed by atoms with van der Waals surface area (Å²) in [7, 11) is 0. The Balaban J connectivity index is 1.71. The second-order valence-corrected chi connectivity index (χ2v) is 6.95. The van der Waals surface area contributed by atoms with Crippen LogP contribution in [0.1, 0.15) is 47.6 Å². The summed E-state index contributed by atoms with van der Waals surface area (Å²) in [5.74, 6) is 0.604. The zero-order chi connectivity index (χ0) is 18.3. The fraction of sp³-hybridized carbons (Fsp3) is 0.263. The van der Waals surface area contributed by atoms with E-state index in [4.69, 9.17) is 11.6 Å². The zero-order valence-electron chi connectivity index (χ0n) is 14.1. The summed E-state index contributed by atoms with van der Waals surface area (Å²) in [6.07, 6.45) is 3.63. The van der Waals surface area contributed by atoms with Gasteiger partial charge >= 0.3 is 0 Å². The Kier molecular flexibility index (Phi) is 4.36. The third-order valence-electron chi connectivity index (χ3n) is 4.40. The van der Waals surface area contributed by atoms with Crippen molar-refractivity contribution in [1.29, 1.82) is 0 Å². The van der Waals surface area contributed by atoms with Gasteiger partial charge in [-0.1, -0.05) is 17.7 Å². The Hall–Kier alpha value is -2.47. The number of pyridine rings is 1. The molecule has 0 aliphatic heterocycles. The molecule has 2 aromatic heterocycles. The van der Waals surface area contributed by atoms with Crippen LogP contribution in [0, 0.1) is 18.6 Å². The number of H-pyrrole nitrogens is 1. The van der Waals surface area contributed by atoms with E-state index in [-0.39, 0.29) is 16.8 Å². The Morgan fingerprint density at radius 3 is 2.62 bits per heavy atom. The summed E-state index contributed by atoms with van der Waals surface area (Å²) in [5, 5.41) is 3.30. The molecule has 4 rings (SSSR count). The van der Waals surface area contributed by atoms with Gasteiger partial charge in [0.15, 0.2) is 0 Å². The van der Waals surface area contributed by atoms with Gasteiger partial charge in [0.05, 0.1) is 10.7 Å². The van der Waals surface area contributed by atoms with E-state index in [1.165, 1.54) is 12.1 Å². The van der Waals surface area contributed by atoms with E-state index in [1.54, 1.807) is 24.4 Å². The van der Waals surface area contributed by atoms with Crippen LogP contribution >= 0.6 is 11.6 Å². The number of aromatic nitrogens is 3. The van der Waals surface area contributed by atoms with Crippen molar-refractivity contribution in [2.75, 3.05) is 5.32 Å². The van der Waals surface area contributed by atoms with Gasteiger partial charge < -0.3 is 10.3 Å². The van der Waals surface area contributed by atoms with Crippen LogP contribution in [0.3, 0.4) is 0 Å². The van der Waals surface area contributed by atoms with Gasteiger partial charge in [0, 0.05) is 17.8 Å². The summed E-state index contributed by atoms with van der Waals surface area (Å²) < 4.78 is 27.5. The highest BCUT2D eigenvalue weighted by Gasteiger charge is 2.29. The minimum Gasteiger partial charge on any atom is -0.356 e. The van der Waals surface area contributed by atoms with Crippen LogP contribution in [-0.4, -0.2) is 15.0 Å². The third-order valence-corrected chi connectivity index (χ3v) is 4.69. The molecule has 3 aromatic rings. The molecule has 2 heterocycles. The molecule has 1 aliphatic carbocycles. The molecule has 0 radical (unpaired) electrons. The number of aromatic amines is 1. The van der Waals surface area contributed by atoms with Crippen molar-refractivity contribution >= 4 is 17.4 Å². The molecular weight excluding hydrogens is 358 g/mol.